The van der Waals surface area contributed by atoms with Crippen molar-refractivity contribution in [3.8, 4) is 5.75 Å². The van der Waals surface area contributed by atoms with Crippen LogP contribution in [0.4, 0.5) is 0 Å². The van der Waals surface area contributed by atoms with E-state index in [4.69, 9.17) is 27.9 Å². The highest BCUT2D eigenvalue weighted by molar-refractivity contribution is 6.53. The third-order valence-electron chi connectivity index (χ3n) is 6.15. The summed E-state index contributed by atoms with van der Waals surface area (Å²) in [6, 6.07) is 28.8. The third kappa shape index (κ3) is 1.73. The van der Waals surface area contributed by atoms with Gasteiger partial charge >= 0.3 is 0 Å². The number of hydrogen-bond acceptors (Lipinski definition) is 1. The van der Waals surface area contributed by atoms with Crippen molar-refractivity contribution >= 4 is 23.2 Å². The zero-order chi connectivity index (χ0) is 18.0. The molecule has 2 aliphatic rings. The van der Waals surface area contributed by atoms with Gasteiger partial charge in [-0.3, -0.25) is 0 Å². The maximum Gasteiger partial charge on any atom is 0.177 e. The first-order chi connectivity index (χ1) is 12.5. The molecule has 3 heteroatoms. The fourth-order valence-electron chi connectivity index (χ4n) is 4.83. The molecule has 1 aliphatic carbocycles. The lowest BCUT2D eigenvalue weighted by Crippen LogP contribution is -2.33. The standard InChI is InChI=1S/C23H18Cl2O/c1-21-20(16-10-4-2-5-11-16)18-14-8-9-15-19(18)26-22(21,23(21,24)25)17-12-6-3-7-13-17/h2-15,20H,1H3/t20-,21-,22+/m0/s1. The van der Waals surface area contributed by atoms with Crippen molar-refractivity contribution in [1.29, 1.82) is 0 Å². The summed E-state index contributed by atoms with van der Waals surface area (Å²) in [5.41, 5.74) is 2.09. The molecule has 26 heavy (non-hydrogen) atoms. The molecule has 0 unspecified atom stereocenters. The molecular weight excluding hydrogens is 363 g/mol. The van der Waals surface area contributed by atoms with Gasteiger partial charge in [-0.15, -0.1) is 0 Å². The van der Waals surface area contributed by atoms with Crippen molar-refractivity contribution in [2.24, 2.45) is 5.41 Å². The van der Waals surface area contributed by atoms with Gasteiger partial charge in [0.15, 0.2) is 9.93 Å². The number of ether oxygens (including phenoxy) is 1. The molecule has 1 nitrogen and oxygen atoms in total. The second-order valence-corrected chi connectivity index (χ2v) is 8.63. The molecule has 0 spiro atoms. The Balaban J connectivity index is 1.81. The number of fused-ring (bicyclic) bond motifs is 2. The second kappa shape index (κ2) is 5.28. The molecule has 1 heterocycles. The molecule has 0 radical (unpaired) electrons. The molecule has 3 aromatic carbocycles. The Morgan fingerprint density at radius 2 is 1.35 bits per heavy atom. The molecule has 130 valence electrons. The Hall–Kier alpha value is -1.96. The Labute approximate surface area is 163 Å². The summed E-state index contributed by atoms with van der Waals surface area (Å²) in [5, 5.41) is 0. The SMILES string of the molecule is C[C@]12[C@@H](c3ccccc3)c3ccccc3O[C@@]1(c1ccccc1)C2(Cl)Cl. The smallest absolute Gasteiger partial charge is 0.177 e. The molecule has 1 saturated carbocycles. The third-order valence-corrected chi connectivity index (χ3v) is 7.46. The van der Waals surface area contributed by atoms with E-state index in [9.17, 15) is 0 Å². The minimum Gasteiger partial charge on any atom is -0.478 e. The zero-order valence-electron chi connectivity index (χ0n) is 14.3. The first kappa shape index (κ1) is 16.2. The van der Waals surface area contributed by atoms with E-state index in [-0.39, 0.29) is 5.92 Å². The van der Waals surface area contributed by atoms with Crippen LogP contribution < -0.4 is 4.74 Å². The maximum absolute atomic E-state index is 7.02. The number of rotatable bonds is 2. The van der Waals surface area contributed by atoms with E-state index in [1.54, 1.807) is 0 Å². The Bertz CT molecular complexity index is 970. The van der Waals surface area contributed by atoms with Crippen LogP contribution in [0.3, 0.4) is 0 Å². The van der Waals surface area contributed by atoms with Gasteiger partial charge in [0.1, 0.15) is 5.75 Å². The molecule has 1 aliphatic heterocycles. The van der Waals surface area contributed by atoms with Gasteiger partial charge in [-0.1, -0.05) is 109 Å². The lowest BCUT2D eigenvalue weighted by molar-refractivity contribution is 0.102. The summed E-state index contributed by atoms with van der Waals surface area (Å²) in [5.74, 6) is 0.898. The van der Waals surface area contributed by atoms with Crippen LogP contribution in [0.2, 0.25) is 0 Å². The normalized spacial score (nSPS) is 30.7. The van der Waals surface area contributed by atoms with Gasteiger partial charge in [0, 0.05) is 11.5 Å². The lowest BCUT2D eigenvalue weighted by atomic mass is 9.74. The molecule has 1 fully saturated rings. The quantitative estimate of drug-likeness (QED) is 0.474. The Kier molecular flexibility index (Phi) is 3.30. The number of alkyl halides is 2. The van der Waals surface area contributed by atoms with E-state index in [0.717, 1.165) is 16.9 Å². The maximum atomic E-state index is 7.02. The molecule has 0 amide bonds. The molecule has 3 atom stereocenters. The number of para-hydroxylation sites is 1. The van der Waals surface area contributed by atoms with Crippen molar-refractivity contribution in [2.75, 3.05) is 0 Å². The van der Waals surface area contributed by atoms with Crippen molar-refractivity contribution in [2.45, 2.75) is 22.8 Å². The van der Waals surface area contributed by atoms with Crippen molar-refractivity contribution in [3.63, 3.8) is 0 Å². The summed E-state index contributed by atoms with van der Waals surface area (Å²) in [4.78, 5) is 0. The van der Waals surface area contributed by atoms with Gasteiger partial charge in [0.2, 0.25) is 0 Å². The van der Waals surface area contributed by atoms with Crippen LogP contribution in [0.15, 0.2) is 84.9 Å². The van der Waals surface area contributed by atoms with E-state index in [2.05, 4.69) is 49.4 Å². The summed E-state index contributed by atoms with van der Waals surface area (Å²) < 4.78 is 5.54. The van der Waals surface area contributed by atoms with Gasteiger partial charge in [-0.2, -0.15) is 0 Å². The number of halogens is 2. The van der Waals surface area contributed by atoms with Crippen LogP contribution in [0, 0.1) is 5.41 Å². The molecule has 3 aromatic rings. The van der Waals surface area contributed by atoms with E-state index in [0.29, 0.717) is 0 Å². The molecule has 0 bridgehead atoms. The topological polar surface area (TPSA) is 9.23 Å². The summed E-state index contributed by atoms with van der Waals surface area (Å²) in [6.07, 6.45) is 0. The van der Waals surface area contributed by atoms with Crippen LogP contribution in [-0.4, -0.2) is 4.33 Å². The predicted molar refractivity (Wildman–Crippen MR) is 106 cm³/mol. The first-order valence-corrected chi connectivity index (χ1v) is 9.56. The summed E-state index contributed by atoms with van der Waals surface area (Å²) in [6.45, 7) is 2.15. The van der Waals surface area contributed by atoms with E-state index in [1.807, 2.05) is 42.5 Å². The van der Waals surface area contributed by atoms with Crippen LogP contribution in [-0.2, 0) is 5.60 Å². The highest BCUT2D eigenvalue weighted by Gasteiger charge is 2.91. The second-order valence-electron chi connectivity index (χ2n) is 7.31. The van der Waals surface area contributed by atoms with Crippen LogP contribution in [0.5, 0.6) is 5.75 Å². The fraction of sp³-hybridized carbons (Fsp3) is 0.217. The average molecular weight is 381 g/mol. The van der Waals surface area contributed by atoms with E-state index in [1.165, 1.54) is 5.56 Å². The monoisotopic (exact) mass is 380 g/mol. The lowest BCUT2D eigenvalue weighted by Gasteiger charge is -2.36. The molecule has 0 aromatic heterocycles. The predicted octanol–water partition coefficient (Wildman–Crippen LogP) is 6.30. The van der Waals surface area contributed by atoms with Gasteiger partial charge in [-0.25, -0.2) is 0 Å². The highest BCUT2D eigenvalue weighted by atomic mass is 35.5. The van der Waals surface area contributed by atoms with Crippen LogP contribution >= 0.6 is 23.2 Å². The van der Waals surface area contributed by atoms with Crippen LogP contribution in [0.1, 0.15) is 29.5 Å². The van der Waals surface area contributed by atoms with Crippen LogP contribution in [0.25, 0.3) is 0 Å². The minimum atomic E-state index is -1.04. The first-order valence-electron chi connectivity index (χ1n) is 8.80. The number of benzene rings is 3. The van der Waals surface area contributed by atoms with Crippen molar-refractivity contribution in [3.05, 3.63) is 102 Å². The Morgan fingerprint density at radius 1 is 0.769 bits per heavy atom. The minimum absolute atomic E-state index is 0.0452. The largest absolute Gasteiger partial charge is 0.478 e. The molecule has 0 N–H and O–H groups in total. The van der Waals surface area contributed by atoms with E-state index >= 15 is 0 Å². The highest BCUT2D eigenvalue weighted by Crippen LogP contribution is 2.85. The van der Waals surface area contributed by atoms with Gasteiger partial charge < -0.3 is 4.74 Å². The van der Waals surface area contributed by atoms with Gasteiger partial charge in [0.25, 0.3) is 0 Å². The van der Waals surface area contributed by atoms with Gasteiger partial charge in [-0.05, 0) is 17.2 Å². The van der Waals surface area contributed by atoms with Gasteiger partial charge in [0.05, 0.1) is 5.41 Å². The fourth-order valence-corrected chi connectivity index (χ4v) is 5.91. The zero-order valence-corrected chi connectivity index (χ0v) is 15.8. The molecular formula is C23H18Cl2O. The molecule has 0 saturated heterocycles. The van der Waals surface area contributed by atoms with E-state index < -0.39 is 15.3 Å². The number of hydrogen-bond donors (Lipinski definition) is 0. The van der Waals surface area contributed by atoms with Crippen molar-refractivity contribution in [1.82, 2.24) is 0 Å². The molecule has 5 rings (SSSR count). The summed E-state index contributed by atoms with van der Waals surface area (Å²) >= 11 is 14.0. The average Bonchev–Trinajstić information content (AvgIpc) is 3.08. The Morgan fingerprint density at radius 3 is 2.04 bits per heavy atom. The summed E-state index contributed by atoms with van der Waals surface area (Å²) in [7, 11) is 0. The van der Waals surface area contributed by atoms with Crippen molar-refractivity contribution < 1.29 is 4.74 Å².